The number of ether oxygens (including phenoxy) is 1. The summed E-state index contributed by atoms with van der Waals surface area (Å²) in [6.45, 7) is 5.18. The summed E-state index contributed by atoms with van der Waals surface area (Å²) < 4.78 is 6.72. The van der Waals surface area contributed by atoms with Crippen LogP contribution in [-0.4, -0.2) is 33.1 Å². The van der Waals surface area contributed by atoms with Crippen LogP contribution >= 0.6 is 11.6 Å². The highest BCUT2D eigenvalue weighted by molar-refractivity contribution is 6.30. The molecule has 7 heteroatoms. The lowest BCUT2D eigenvalue weighted by Crippen LogP contribution is -2.18. The summed E-state index contributed by atoms with van der Waals surface area (Å²) in [6, 6.07) is 6.25. The van der Waals surface area contributed by atoms with E-state index in [4.69, 9.17) is 16.3 Å². The average molecular weight is 336 g/mol. The molecule has 0 aliphatic heterocycles. The van der Waals surface area contributed by atoms with Crippen molar-refractivity contribution in [2.24, 2.45) is 0 Å². The van der Waals surface area contributed by atoms with E-state index in [0.29, 0.717) is 16.4 Å². The molecule has 6 nitrogen and oxygen atoms in total. The molecule has 1 aromatic carbocycles. The third-order valence-corrected chi connectivity index (χ3v) is 3.57. The fourth-order valence-corrected chi connectivity index (χ4v) is 2.33. The zero-order valence-corrected chi connectivity index (χ0v) is 14.0. The second-order valence-corrected chi connectivity index (χ2v) is 5.73. The first-order valence-electron chi connectivity index (χ1n) is 7.21. The van der Waals surface area contributed by atoms with Crippen LogP contribution in [0.2, 0.25) is 5.02 Å². The number of aromatic nitrogens is 3. The Morgan fingerprint density at radius 2 is 1.91 bits per heavy atom. The van der Waals surface area contributed by atoms with Crippen LogP contribution in [0.1, 0.15) is 41.4 Å². The zero-order chi connectivity index (χ0) is 17.0. The molecule has 0 aliphatic rings. The number of ketones is 1. The summed E-state index contributed by atoms with van der Waals surface area (Å²) in [4.78, 5) is 28.0. The maximum absolute atomic E-state index is 11.9. The minimum atomic E-state index is -0.452. The van der Waals surface area contributed by atoms with Crippen molar-refractivity contribution in [3.63, 3.8) is 0 Å². The Morgan fingerprint density at radius 1 is 1.26 bits per heavy atom. The second kappa shape index (κ2) is 7.37. The first kappa shape index (κ1) is 17.1. The number of rotatable bonds is 6. The van der Waals surface area contributed by atoms with Crippen molar-refractivity contribution in [3.8, 4) is 0 Å². The molecular weight excluding hydrogens is 318 g/mol. The van der Waals surface area contributed by atoms with Gasteiger partial charge in [-0.15, -0.1) is 0 Å². The highest BCUT2D eigenvalue weighted by Gasteiger charge is 2.17. The van der Waals surface area contributed by atoms with Gasteiger partial charge in [0.05, 0.1) is 12.5 Å². The number of aryl methyl sites for hydroxylation is 2. The molecule has 1 heterocycles. The van der Waals surface area contributed by atoms with Gasteiger partial charge in [0, 0.05) is 10.6 Å². The summed E-state index contributed by atoms with van der Waals surface area (Å²) in [6.07, 6.45) is 0.123. The van der Waals surface area contributed by atoms with Gasteiger partial charge in [0.1, 0.15) is 11.6 Å². The van der Waals surface area contributed by atoms with Gasteiger partial charge in [-0.25, -0.2) is 9.67 Å². The molecular formula is C16H18ClN3O3. The Labute approximate surface area is 139 Å². The zero-order valence-electron chi connectivity index (χ0n) is 13.2. The molecule has 0 N–H and O–H groups in total. The van der Waals surface area contributed by atoms with Crippen LogP contribution in [0.5, 0.6) is 0 Å². The molecule has 0 aliphatic carbocycles. The van der Waals surface area contributed by atoms with Crippen LogP contribution in [0.4, 0.5) is 0 Å². The molecule has 0 unspecified atom stereocenters. The maximum atomic E-state index is 11.9. The SMILES string of the molecule is Cc1nc(C)n([C@@H](C)CC(=O)OCC(=O)c2ccc(Cl)cc2)n1. The van der Waals surface area contributed by atoms with Crippen molar-refractivity contribution in [2.75, 3.05) is 6.61 Å². The standard InChI is InChI=1S/C16H18ClN3O3/c1-10(20-12(3)18-11(2)19-20)8-16(22)23-9-15(21)13-4-6-14(17)7-5-13/h4-7,10H,8-9H2,1-3H3/t10-/m0/s1. The Bertz CT molecular complexity index is 710. The molecule has 1 atom stereocenters. The molecule has 23 heavy (non-hydrogen) atoms. The Hall–Kier alpha value is -2.21. The topological polar surface area (TPSA) is 74.1 Å². The minimum Gasteiger partial charge on any atom is -0.457 e. The van der Waals surface area contributed by atoms with Crippen molar-refractivity contribution in [1.29, 1.82) is 0 Å². The monoisotopic (exact) mass is 335 g/mol. The molecule has 0 amide bonds. The van der Waals surface area contributed by atoms with E-state index < -0.39 is 5.97 Å². The van der Waals surface area contributed by atoms with Gasteiger partial charge in [0.2, 0.25) is 0 Å². The number of carbonyl (C=O) groups excluding carboxylic acids is 2. The van der Waals surface area contributed by atoms with E-state index in [-0.39, 0.29) is 24.9 Å². The predicted octanol–water partition coefficient (Wildman–Crippen LogP) is 2.93. The fraction of sp³-hybridized carbons (Fsp3) is 0.375. The molecule has 122 valence electrons. The van der Waals surface area contributed by atoms with Crippen LogP contribution in [0.3, 0.4) is 0 Å². The summed E-state index contributed by atoms with van der Waals surface area (Å²) in [7, 11) is 0. The van der Waals surface area contributed by atoms with Gasteiger partial charge in [0.15, 0.2) is 12.4 Å². The number of esters is 1. The summed E-state index contributed by atoms with van der Waals surface area (Å²) >= 11 is 5.76. The van der Waals surface area contributed by atoms with Gasteiger partial charge in [-0.05, 0) is 45.0 Å². The predicted molar refractivity (Wildman–Crippen MR) is 85.6 cm³/mol. The van der Waals surface area contributed by atoms with Crippen molar-refractivity contribution in [3.05, 3.63) is 46.5 Å². The lowest BCUT2D eigenvalue weighted by Gasteiger charge is -2.12. The number of carbonyl (C=O) groups is 2. The van der Waals surface area contributed by atoms with Gasteiger partial charge in [-0.1, -0.05) is 11.6 Å². The summed E-state index contributed by atoms with van der Waals surface area (Å²) in [5.41, 5.74) is 0.456. The van der Waals surface area contributed by atoms with Crippen molar-refractivity contribution < 1.29 is 14.3 Å². The number of halogens is 1. The van der Waals surface area contributed by atoms with E-state index in [0.717, 1.165) is 5.82 Å². The summed E-state index contributed by atoms with van der Waals surface area (Å²) in [5, 5.41) is 4.78. The van der Waals surface area contributed by atoms with Crippen LogP contribution in [-0.2, 0) is 9.53 Å². The third-order valence-electron chi connectivity index (χ3n) is 3.32. The maximum Gasteiger partial charge on any atom is 0.308 e. The molecule has 0 saturated heterocycles. The van der Waals surface area contributed by atoms with Gasteiger partial charge in [0.25, 0.3) is 0 Å². The number of benzene rings is 1. The van der Waals surface area contributed by atoms with Crippen LogP contribution in [0, 0.1) is 13.8 Å². The minimum absolute atomic E-state index is 0.123. The molecule has 0 fully saturated rings. The van der Waals surface area contributed by atoms with E-state index in [1.54, 1.807) is 35.9 Å². The quantitative estimate of drug-likeness (QED) is 0.599. The van der Waals surface area contributed by atoms with Crippen molar-refractivity contribution >= 4 is 23.4 Å². The van der Waals surface area contributed by atoms with E-state index in [1.807, 2.05) is 13.8 Å². The van der Waals surface area contributed by atoms with Gasteiger partial charge in [-0.3, -0.25) is 9.59 Å². The van der Waals surface area contributed by atoms with E-state index in [2.05, 4.69) is 10.1 Å². The Balaban J connectivity index is 1.86. The number of hydrogen-bond acceptors (Lipinski definition) is 5. The Kier molecular flexibility index (Phi) is 5.50. The highest BCUT2D eigenvalue weighted by Crippen LogP contribution is 2.13. The van der Waals surface area contributed by atoms with Gasteiger partial charge < -0.3 is 4.74 Å². The van der Waals surface area contributed by atoms with E-state index >= 15 is 0 Å². The number of hydrogen-bond donors (Lipinski definition) is 0. The molecule has 0 saturated carbocycles. The highest BCUT2D eigenvalue weighted by atomic mass is 35.5. The number of nitrogens with zero attached hydrogens (tertiary/aromatic N) is 3. The Morgan fingerprint density at radius 3 is 2.48 bits per heavy atom. The molecule has 0 bridgehead atoms. The third kappa shape index (κ3) is 4.63. The first-order chi connectivity index (χ1) is 10.9. The van der Waals surface area contributed by atoms with E-state index in [9.17, 15) is 9.59 Å². The molecule has 1 aromatic heterocycles. The van der Waals surface area contributed by atoms with Crippen LogP contribution < -0.4 is 0 Å². The molecule has 0 spiro atoms. The van der Waals surface area contributed by atoms with Crippen LogP contribution in [0.15, 0.2) is 24.3 Å². The van der Waals surface area contributed by atoms with Crippen molar-refractivity contribution in [1.82, 2.24) is 14.8 Å². The lowest BCUT2D eigenvalue weighted by atomic mass is 10.1. The molecule has 0 radical (unpaired) electrons. The average Bonchev–Trinajstić information content (AvgIpc) is 2.84. The summed E-state index contributed by atoms with van der Waals surface area (Å²) in [5.74, 6) is 0.670. The van der Waals surface area contributed by atoms with Crippen LogP contribution in [0.25, 0.3) is 0 Å². The smallest absolute Gasteiger partial charge is 0.308 e. The van der Waals surface area contributed by atoms with Crippen molar-refractivity contribution in [2.45, 2.75) is 33.2 Å². The first-order valence-corrected chi connectivity index (χ1v) is 7.58. The fourth-order valence-electron chi connectivity index (χ4n) is 2.21. The van der Waals surface area contributed by atoms with Gasteiger partial charge in [-0.2, -0.15) is 5.10 Å². The normalized spacial score (nSPS) is 12.0. The van der Waals surface area contributed by atoms with E-state index in [1.165, 1.54) is 0 Å². The number of Topliss-reactive ketones (excluding diaryl/α,β-unsaturated/α-hetero) is 1. The lowest BCUT2D eigenvalue weighted by molar-refractivity contribution is -0.143. The second-order valence-electron chi connectivity index (χ2n) is 5.29. The molecule has 2 aromatic rings. The van der Waals surface area contributed by atoms with Gasteiger partial charge >= 0.3 is 5.97 Å². The largest absolute Gasteiger partial charge is 0.457 e. The molecule has 2 rings (SSSR count).